The van der Waals surface area contributed by atoms with E-state index in [0.29, 0.717) is 0 Å². The van der Waals surface area contributed by atoms with Gasteiger partial charge in [-0.25, -0.2) is 0 Å². The fourth-order valence-corrected chi connectivity index (χ4v) is 5.98. The van der Waals surface area contributed by atoms with Crippen molar-refractivity contribution in [3.8, 4) is 0 Å². The lowest BCUT2D eigenvalue weighted by molar-refractivity contribution is 0.411. The van der Waals surface area contributed by atoms with Crippen molar-refractivity contribution in [3.63, 3.8) is 0 Å². The maximum atomic E-state index is 2.48. The van der Waals surface area contributed by atoms with Crippen molar-refractivity contribution in [1.29, 1.82) is 0 Å². The Morgan fingerprint density at radius 3 is 2.26 bits per heavy atom. The van der Waals surface area contributed by atoms with Crippen LogP contribution in [0.4, 0.5) is 0 Å². The first-order chi connectivity index (χ1) is 11.3. The summed E-state index contributed by atoms with van der Waals surface area (Å²) in [6.45, 7) is 2.16. The number of rotatable bonds is 3. The second kappa shape index (κ2) is 5.14. The van der Waals surface area contributed by atoms with Gasteiger partial charge >= 0.3 is 0 Å². The summed E-state index contributed by atoms with van der Waals surface area (Å²) in [5.41, 5.74) is 4.39. The molecule has 0 aromatic heterocycles. The van der Waals surface area contributed by atoms with E-state index >= 15 is 0 Å². The monoisotopic (exact) mass is 316 g/mol. The number of aryl methyl sites for hydroxylation is 1. The number of allylic oxidation sites excluding steroid dienone is 4. The lowest BCUT2D eigenvalue weighted by Crippen LogP contribution is -2.32. The molecule has 1 heteroatoms. The van der Waals surface area contributed by atoms with E-state index in [9.17, 15) is 0 Å². The third kappa shape index (κ3) is 2.06. The van der Waals surface area contributed by atoms with Crippen LogP contribution < -0.4 is 0 Å². The zero-order valence-corrected chi connectivity index (χ0v) is 14.1. The standard InChI is InChI=1S/C22H20S/c1-14-7-11-18(12-8-14)23-22-20(15-5-3-2-4-6-15)19-16-9-10-17(13-16)21(19)22/h2-12,16-17,19,21H,13H2,1H3/t16-,17+,19-,21-/m1/s1. The van der Waals surface area contributed by atoms with Crippen LogP contribution in [0.25, 0.3) is 5.57 Å². The molecule has 2 bridgehead atoms. The molecule has 3 aliphatic rings. The van der Waals surface area contributed by atoms with E-state index in [2.05, 4.69) is 73.7 Å². The normalized spacial score (nSPS) is 30.5. The minimum absolute atomic E-state index is 0.764. The van der Waals surface area contributed by atoms with Gasteiger partial charge in [-0.3, -0.25) is 0 Å². The van der Waals surface area contributed by atoms with Gasteiger partial charge in [0.05, 0.1) is 0 Å². The smallest absolute Gasteiger partial charge is 0.0119 e. The second-order valence-electron chi connectivity index (χ2n) is 7.06. The summed E-state index contributed by atoms with van der Waals surface area (Å²) in [4.78, 5) is 3.01. The van der Waals surface area contributed by atoms with Crippen molar-refractivity contribution in [3.05, 3.63) is 82.8 Å². The molecule has 0 aliphatic heterocycles. The molecule has 0 heterocycles. The molecule has 1 fully saturated rings. The second-order valence-corrected chi connectivity index (χ2v) is 8.17. The first-order valence-electron chi connectivity index (χ1n) is 8.53. The fourth-order valence-electron chi connectivity index (χ4n) is 4.63. The summed E-state index contributed by atoms with van der Waals surface area (Å²) in [6.07, 6.45) is 6.31. The number of fused-ring (bicyclic) bond motifs is 5. The van der Waals surface area contributed by atoms with Gasteiger partial charge in [0.1, 0.15) is 0 Å². The predicted molar refractivity (Wildman–Crippen MR) is 98.1 cm³/mol. The molecule has 3 aliphatic carbocycles. The maximum absolute atomic E-state index is 2.48. The van der Waals surface area contributed by atoms with E-state index < -0.39 is 0 Å². The zero-order valence-electron chi connectivity index (χ0n) is 13.3. The molecule has 5 rings (SSSR count). The minimum Gasteiger partial charge on any atom is -0.0939 e. The third-order valence-corrected chi connectivity index (χ3v) is 6.91. The summed E-state index contributed by atoms with van der Waals surface area (Å²) in [5, 5.41) is 0. The Balaban J connectivity index is 1.56. The Kier molecular flexibility index (Phi) is 3.06. The Labute approximate surface area is 142 Å². The SMILES string of the molecule is Cc1ccc(SC2=C(c3ccccc3)[C@@H]3[C@H]2[C@H]2C=C[C@@H]3C2)cc1. The topological polar surface area (TPSA) is 0 Å². The lowest BCUT2D eigenvalue weighted by atomic mass is 9.66. The number of hydrogen-bond acceptors (Lipinski definition) is 1. The number of thioether (sulfide) groups is 1. The Bertz CT molecular complexity index is 798. The van der Waals surface area contributed by atoms with Crippen LogP contribution in [0.15, 0.2) is 76.5 Å². The molecule has 0 spiro atoms. The molecule has 0 N–H and O–H groups in total. The van der Waals surface area contributed by atoms with E-state index in [1.807, 2.05) is 11.8 Å². The van der Waals surface area contributed by atoms with Crippen LogP contribution in [0.5, 0.6) is 0 Å². The average molecular weight is 316 g/mol. The third-order valence-electron chi connectivity index (χ3n) is 5.69. The maximum Gasteiger partial charge on any atom is 0.0119 e. The fraction of sp³-hybridized carbons (Fsp3) is 0.273. The quantitative estimate of drug-likeness (QED) is 0.630. The van der Waals surface area contributed by atoms with E-state index in [-0.39, 0.29) is 0 Å². The summed E-state index contributed by atoms with van der Waals surface area (Å²) in [6, 6.07) is 20.0. The van der Waals surface area contributed by atoms with Gasteiger partial charge in [0.15, 0.2) is 0 Å². The summed E-state index contributed by atoms with van der Waals surface area (Å²) in [7, 11) is 0. The molecule has 0 radical (unpaired) electrons. The molecule has 114 valence electrons. The average Bonchev–Trinajstić information content (AvgIpc) is 3.13. The molecule has 23 heavy (non-hydrogen) atoms. The number of benzene rings is 2. The van der Waals surface area contributed by atoms with Crippen LogP contribution in [0.1, 0.15) is 17.5 Å². The molecule has 4 atom stereocenters. The highest BCUT2D eigenvalue weighted by molar-refractivity contribution is 8.03. The molecular formula is C22H20S. The lowest BCUT2D eigenvalue weighted by Gasteiger charge is -2.43. The summed E-state index contributed by atoms with van der Waals surface area (Å²) >= 11 is 2.00. The van der Waals surface area contributed by atoms with Crippen molar-refractivity contribution in [2.24, 2.45) is 23.7 Å². The van der Waals surface area contributed by atoms with Gasteiger partial charge in [-0.05, 0) is 59.3 Å². The highest BCUT2D eigenvalue weighted by Crippen LogP contribution is 2.66. The highest BCUT2D eigenvalue weighted by Gasteiger charge is 2.55. The summed E-state index contributed by atoms with van der Waals surface area (Å²) < 4.78 is 0. The van der Waals surface area contributed by atoms with Gasteiger partial charge in [0, 0.05) is 10.8 Å². The van der Waals surface area contributed by atoms with Gasteiger partial charge in [-0.1, -0.05) is 71.9 Å². The minimum atomic E-state index is 0.764. The molecule has 1 saturated carbocycles. The van der Waals surface area contributed by atoms with Crippen molar-refractivity contribution in [2.45, 2.75) is 18.2 Å². The van der Waals surface area contributed by atoms with Gasteiger partial charge < -0.3 is 0 Å². The number of hydrogen-bond donors (Lipinski definition) is 0. The Hall–Kier alpha value is -1.73. The first-order valence-corrected chi connectivity index (χ1v) is 9.35. The van der Waals surface area contributed by atoms with Crippen molar-refractivity contribution in [2.75, 3.05) is 0 Å². The Morgan fingerprint density at radius 1 is 0.826 bits per heavy atom. The molecule has 0 amide bonds. The zero-order chi connectivity index (χ0) is 15.4. The van der Waals surface area contributed by atoms with Gasteiger partial charge in [0.2, 0.25) is 0 Å². The van der Waals surface area contributed by atoms with Crippen LogP contribution in [-0.2, 0) is 0 Å². The van der Waals surface area contributed by atoms with E-state index in [1.165, 1.54) is 22.4 Å². The molecule has 2 aromatic rings. The molecule has 0 nitrogen and oxygen atoms in total. The van der Waals surface area contributed by atoms with E-state index in [1.54, 1.807) is 10.5 Å². The molecule has 0 saturated heterocycles. The van der Waals surface area contributed by atoms with Gasteiger partial charge in [0.25, 0.3) is 0 Å². The summed E-state index contributed by atoms with van der Waals surface area (Å²) in [5.74, 6) is 3.10. The van der Waals surface area contributed by atoms with E-state index in [4.69, 9.17) is 0 Å². The molecule has 2 aromatic carbocycles. The van der Waals surface area contributed by atoms with Crippen LogP contribution in [0.2, 0.25) is 0 Å². The predicted octanol–water partition coefficient (Wildman–Crippen LogP) is 5.95. The molecule has 0 unspecified atom stereocenters. The molecular weight excluding hydrogens is 296 g/mol. The van der Waals surface area contributed by atoms with Crippen molar-refractivity contribution < 1.29 is 0 Å². The van der Waals surface area contributed by atoms with Gasteiger partial charge in [-0.15, -0.1) is 0 Å². The van der Waals surface area contributed by atoms with E-state index in [0.717, 1.165) is 23.7 Å². The van der Waals surface area contributed by atoms with Crippen molar-refractivity contribution in [1.82, 2.24) is 0 Å². The Morgan fingerprint density at radius 2 is 1.52 bits per heavy atom. The van der Waals surface area contributed by atoms with Crippen LogP contribution >= 0.6 is 11.8 Å². The largest absolute Gasteiger partial charge is 0.0939 e. The van der Waals surface area contributed by atoms with Crippen molar-refractivity contribution >= 4 is 17.3 Å². The highest BCUT2D eigenvalue weighted by atomic mass is 32.2. The van der Waals surface area contributed by atoms with Crippen LogP contribution in [0.3, 0.4) is 0 Å². The van der Waals surface area contributed by atoms with Crippen LogP contribution in [-0.4, -0.2) is 0 Å². The first kappa shape index (κ1) is 13.7. The van der Waals surface area contributed by atoms with Gasteiger partial charge in [-0.2, -0.15) is 0 Å². The van der Waals surface area contributed by atoms with Crippen LogP contribution in [0, 0.1) is 30.6 Å².